The van der Waals surface area contributed by atoms with Crippen molar-refractivity contribution in [1.82, 2.24) is 4.57 Å². The summed E-state index contributed by atoms with van der Waals surface area (Å²) in [5.41, 5.74) is 1.07. The minimum Gasteiger partial charge on any atom is -0.315 e. The summed E-state index contributed by atoms with van der Waals surface area (Å²) < 4.78 is 28.1. The number of hydrogen-bond donors (Lipinski definition) is 0. The maximum absolute atomic E-state index is 13.2. The lowest BCUT2D eigenvalue weighted by molar-refractivity contribution is 0.595. The van der Waals surface area contributed by atoms with Crippen molar-refractivity contribution in [2.45, 2.75) is 9.79 Å². The van der Waals surface area contributed by atoms with Gasteiger partial charge in [-0.3, -0.25) is 4.79 Å². The van der Waals surface area contributed by atoms with Gasteiger partial charge < -0.3 is 4.57 Å². The Kier molecular flexibility index (Phi) is 3.93. The van der Waals surface area contributed by atoms with Crippen LogP contribution in [0.3, 0.4) is 0 Å². The molecule has 0 spiro atoms. The molecule has 3 aromatic carbocycles. The van der Waals surface area contributed by atoms with Crippen LogP contribution in [0.1, 0.15) is 0 Å². The highest BCUT2D eigenvalue weighted by Crippen LogP contribution is 2.28. The predicted molar refractivity (Wildman–Crippen MR) is 101 cm³/mol. The third kappa shape index (κ3) is 2.62. The average Bonchev–Trinajstić information content (AvgIpc) is 2.69. The summed E-state index contributed by atoms with van der Waals surface area (Å²) in [5.74, 6) is 0. The van der Waals surface area contributed by atoms with Crippen LogP contribution in [0.2, 0.25) is 0 Å². The number of fused-ring (bicyclic) bond motifs is 1. The molecule has 0 fully saturated rings. The second kappa shape index (κ2) is 6.28. The quantitative estimate of drug-likeness (QED) is 0.557. The second-order valence-corrected chi connectivity index (χ2v) is 7.77. The van der Waals surface area contributed by atoms with Crippen molar-refractivity contribution in [2.24, 2.45) is 0 Å². The molecule has 1 heterocycles. The zero-order valence-electron chi connectivity index (χ0n) is 13.7. The Labute approximate surface area is 150 Å². The molecule has 128 valence electrons. The Balaban J connectivity index is 2.03. The third-order valence-electron chi connectivity index (χ3n) is 4.27. The van der Waals surface area contributed by atoms with E-state index in [-0.39, 0.29) is 15.2 Å². The summed E-state index contributed by atoms with van der Waals surface area (Å²) in [7, 11) is -3.70. The topological polar surface area (TPSA) is 56.1 Å². The van der Waals surface area contributed by atoms with Gasteiger partial charge in [0.15, 0.2) is 5.43 Å². The number of nitrogens with zero attached hydrogens (tertiary/aromatic N) is 1. The first-order valence-electron chi connectivity index (χ1n) is 8.09. The molecule has 4 rings (SSSR count). The monoisotopic (exact) mass is 361 g/mol. The molecule has 0 saturated heterocycles. The molecule has 0 aliphatic carbocycles. The van der Waals surface area contributed by atoms with Crippen LogP contribution in [-0.4, -0.2) is 13.0 Å². The molecule has 0 radical (unpaired) electrons. The first-order valence-corrected chi connectivity index (χ1v) is 9.57. The molecule has 0 saturated carbocycles. The normalized spacial score (nSPS) is 11.5. The van der Waals surface area contributed by atoms with E-state index in [4.69, 9.17) is 0 Å². The largest absolute Gasteiger partial charge is 0.315 e. The molecule has 0 bridgehead atoms. The van der Waals surface area contributed by atoms with E-state index < -0.39 is 9.84 Å². The number of rotatable bonds is 3. The molecule has 5 heteroatoms. The van der Waals surface area contributed by atoms with Crippen molar-refractivity contribution in [3.05, 3.63) is 101 Å². The van der Waals surface area contributed by atoms with Gasteiger partial charge in [0.25, 0.3) is 0 Å². The van der Waals surface area contributed by atoms with E-state index in [9.17, 15) is 13.2 Å². The predicted octanol–water partition coefficient (Wildman–Crippen LogP) is 3.82. The summed E-state index contributed by atoms with van der Waals surface area (Å²) in [6, 6.07) is 23.8. The standard InChI is InChI=1S/C21H15NO3S/c23-20-14-15-22(18-11-5-4-10-17(18)20)19-12-6-7-13-21(19)26(24,25)16-8-2-1-3-9-16/h1-15H. The summed E-state index contributed by atoms with van der Waals surface area (Å²) in [5, 5.41) is 0.543. The number of pyridine rings is 1. The fourth-order valence-electron chi connectivity index (χ4n) is 3.02. The number of benzene rings is 3. The summed E-state index contributed by atoms with van der Waals surface area (Å²) in [4.78, 5) is 12.6. The van der Waals surface area contributed by atoms with E-state index in [1.807, 2.05) is 12.1 Å². The Hall–Kier alpha value is -3.18. The molecule has 4 nitrogen and oxygen atoms in total. The first kappa shape index (κ1) is 16.3. The van der Waals surface area contributed by atoms with Gasteiger partial charge in [0, 0.05) is 17.6 Å². The van der Waals surface area contributed by atoms with E-state index in [0.717, 1.165) is 0 Å². The first-order chi connectivity index (χ1) is 12.6. The van der Waals surface area contributed by atoms with Crippen LogP contribution >= 0.6 is 0 Å². The van der Waals surface area contributed by atoms with Crippen LogP contribution in [0.15, 0.2) is 106 Å². The van der Waals surface area contributed by atoms with Crippen LogP contribution in [0.4, 0.5) is 0 Å². The van der Waals surface area contributed by atoms with Crippen molar-refractivity contribution in [3.8, 4) is 5.69 Å². The SMILES string of the molecule is O=c1ccn(-c2ccccc2S(=O)(=O)c2ccccc2)c2ccccc12. The zero-order chi connectivity index (χ0) is 18.1. The molecule has 0 atom stereocenters. The molecule has 0 aliphatic heterocycles. The van der Waals surface area contributed by atoms with E-state index in [1.54, 1.807) is 77.5 Å². The molecule has 4 aromatic rings. The van der Waals surface area contributed by atoms with Crippen LogP contribution < -0.4 is 5.43 Å². The lowest BCUT2D eigenvalue weighted by atomic mass is 10.2. The highest BCUT2D eigenvalue weighted by Gasteiger charge is 2.22. The van der Waals surface area contributed by atoms with Crippen LogP contribution in [0.5, 0.6) is 0 Å². The molecular formula is C21H15NO3S. The number of para-hydroxylation sites is 2. The Morgan fingerprint density at radius 2 is 1.35 bits per heavy atom. The molecule has 0 amide bonds. The highest BCUT2D eigenvalue weighted by molar-refractivity contribution is 7.91. The maximum atomic E-state index is 13.2. The fraction of sp³-hybridized carbons (Fsp3) is 0. The smallest absolute Gasteiger partial charge is 0.208 e. The minimum absolute atomic E-state index is 0.0970. The zero-order valence-corrected chi connectivity index (χ0v) is 14.6. The van der Waals surface area contributed by atoms with Crippen molar-refractivity contribution in [3.63, 3.8) is 0 Å². The van der Waals surface area contributed by atoms with Crippen molar-refractivity contribution in [2.75, 3.05) is 0 Å². The van der Waals surface area contributed by atoms with E-state index >= 15 is 0 Å². The molecule has 0 N–H and O–H groups in total. The lowest BCUT2D eigenvalue weighted by Crippen LogP contribution is -2.11. The fourth-order valence-corrected chi connectivity index (χ4v) is 4.49. The van der Waals surface area contributed by atoms with Crippen LogP contribution in [-0.2, 0) is 9.84 Å². The molecule has 1 aromatic heterocycles. The Bertz CT molecular complexity index is 1260. The van der Waals surface area contributed by atoms with Gasteiger partial charge in [0.05, 0.1) is 21.0 Å². The average molecular weight is 361 g/mol. The number of aromatic nitrogens is 1. The Morgan fingerprint density at radius 1 is 0.692 bits per heavy atom. The van der Waals surface area contributed by atoms with Crippen LogP contribution in [0.25, 0.3) is 16.6 Å². The van der Waals surface area contributed by atoms with Crippen molar-refractivity contribution >= 4 is 20.7 Å². The minimum atomic E-state index is -3.70. The van der Waals surface area contributed by atoms with Gasteiger partial charge in [-0.25, -0.2) is 8.42 Å². The summed E-state index contributed by atoms with van der Waals surface area (Å²) in [6.45, 7) is 0. The number of hydrogen-bond acceptors (Lipinski definition) is 3. The third-order valence-corrected chi connectivity index (χ3v) is 6.09. The Morgan fingerprint density at radius 3 is 2.15 bits per heavy atom. The van der Waals surface area contributed by atoms with Gasteiger partial charge in [0.2, 0.25) is 9.84 Å². The van der Waals surface area contributed by atoms with Gasteiger partial charge >= 0.3 is 0 Å². The molecular weight excluding hydrogens is 346 g/mol. The van der Waals surface area contributed by atoms with Crippen molar-refractivity contribution in [1.29, 1.82) is 0 Å². The highest BCUT2D eigenvalue weighted by atomic mass is 32.2. The van der Waals surface area contributed by atoms with E-state index in [2.05, 4.69) is 0 Å². The van der Waals surface area contributed by atoms with E-state index in [0.29, 0.717) is 16.6 Å². The van der Waals surface area contributed by atoms with Gasteiger partial charge in [-0.1, -0.05) is 42.5 Å². The van der Waals surface area contributed by atoms with E-state index in [1.165, 1.54) is 6.07 Å². The number of sulfone groups is 1. The molecule has 0 unspecified atom stereocenters. The summed E-state index contributed by atoms with van der Waals surface area (Å²) >= 11 is 0. The van der Waals surface area contributed by atoms with Gasteiger partial charge in [-0.2, -0.15) is 0 Å². The molecule has 26 heavy (non-hydrogen) atoms. The van der Waals surface area contributed by atoms with Crippen LogP contribution in [0, 0.1) is 0 Å². The summed E-state index contributed by atoms with van der Waals surface area (Å²) in [6.07, 6.45) is 1.62. The van der Waals surface area contributed by atoms with Crippen molar-refractivity contribution < 1.29 is 8.42 Å². The maximum Gasteiger partial charge on any atom is 0.208 e. The van der Waals surface area contributed by atoms with Gasteiger partial charge in [0.1, 0.15) is 0 Å². The van der Waals surface area contributed by atoms with Gasteiger partial charge in [-0.05, 0) is 36.4 Å². The van der Waals surface area contributed by atoms with Gasteiger partial charge in [-0.15, -0.1) is 0 Å². The lowest BCUT2D eigenvalue weighted by Gasteiger charge is -2.15. The second-order valence-electron chi connectivity index (χ2n) is 5.85. The molecule has 0 aliphatic rings.